The largest absolute Gasteiger partial charge is 0.459 e. The van der Waals surface area contributed by atoms with Crippen LogP contribution < -0.4 is 11.3 Å². The van der Waals surface area contributed by atoms with Gasteiger partial charge in [0.25, 0.3) is 0 Å². The molecule has 98 valence electrons. The van der Waals surface area contributed by atoms with Crippen molar-refractivity contribution in [2.24, 2.45) is 5.84 Å². The molecule has 1 unspecified atom stereocenters. The van der Waals surface area contributed by atoms with Gasteiger partial charge in [0.1, 0.15) is 23.2 Å². The summed E-state index contributed by atoms with van der Waals surface area (Å²) >= 11 is 3.30. The second kappa shape index (κ2) is 4.80. The minimum atomic E-state index is -0.372. The molecule has 0 aliphatic carbocycles. The minimum absolute atomic E-state index is 0.304. The van der Waals surface area contributed by atoms with Gasteiger partial charge in [0, 0.05) is 10.9 Å². The molecule has 0 amide bonds. The van der Waals surface area contributed by atoms with Crippen LogP contribution in [-0.4, -0.2) is 0 Å². The van der Waals surface area contributed by atoms with E-state index in [4.69, 9.17) is 14.7 Å². The zero-order chi connectivity index (χ0) is 13.4. The summed E-state index contributed by atoms with van der Waals surface area (Å²) < 4.78 is 24.6. The summed E-state index contributed by atoms with van der Waals surface area (Å²) in [6.45, 7) is 0. The fourth-order valence-electron chi connectivity index (χ4n) is 2.01. The Morgan fingerprint density at radius 2 is 2.11 bits per heavy atom. The summed E-state index contributed by atoms with van der Waals surface area (Å²) in [5.41, 5.74) is 4.07. The SMILES string of the molecule is NNC(c1cc2cc(F)ccc2o1)c1ccoc1Br. The number of nitrogens with two attached hydrogens (primary N) is 1. The molecule has 6 heteroatoms. The number of hydrogen-bond donors (Lipinski definition) is 2. The lowest BCUT2D eigenvalue weighted by atomic mass is 10.1. The van der Waals surface area contributed by atoms with E-state index in [1.807, 2.05) is 0 Å². The predicted octanol–water partition coefficient (Wildman–Crippen LogP) is 3.48. The molecule has 3 aromatic rings. The third-order valence-electron chi connectivity index (χ3n) is 2.91. The highest BCUT2D eigenvalue weighted by molar-refractivity contribution is 9.10. The number of benzene rings is 1. The summed E-state index contributed by atoms with van der Waals surface area (Å²) in [4.78, 5) is 0. The molecule has 4 nitrogen and oxygen atoms in total. The average molecular weight is 325 g/mol. The Hall–Kier alpha value is -1.63. The Labute approximate surface area is 116 Å². The molecule has 3 rings (SSSR count). The second-order valence-corrected chi connectivity index (χ2v) is 4.80. The van der Waals surface area contributed by atoms with Crippen molar-refractivity contribution in [3.8, 4) is 0 Å². The van der Waals surface area contributed by atoms with E-state index in [2.05, 4.69) is 21.4 Å². The quantitative estimate of drug-likeness (QED) is 0.572. The summed E-state index contributed by atoms with van der Waals surface area (Å²) in [5, 5.41) is 0.690. The van der Waals surface area contributed by atoms with Crippen LogP contribution in [0.2, 0.25) is 0 Å². The van der Waals surface area contributed by atoms with Gasteiger partial charge in [-0.2, -0.15) is 0 Å². The number of nitrogens with one attached hydrogen (secondary N) is 1. The van der Waals surface area contributed by atoms with Crippen LogP contribution >= 0.6 is 15.9 Å². The lowest BCUT2D eigenvalue weighted by Gasteiger charge is -2.11. The molecule has 1 atom stereocenters. The molecule has 0 bridgehead atoms. The van der Waals surface area contributed by atoms with Gasteiger partial charge in [-0.05, 0) is 46.3 Å². The summed E-state index contributed by atoms with van der Waals surface area (Å²) in [7, 11) is 0. The van der Waals surface area contributed by atoms with E-state index in [1.54, 1.807) is 24.5 Å². The standard InChI is InChI=1S/C13H10BrFN2O2/c14-13-9(3-4-18-13)12(17-16)11-6-7-5-8(15)1-2-10(7)19-11/h1-6,12,17H,16H2. The van der Waals surface area contributed by atoms with Gasteiger partial charge in [0.2, 0.25) is 0 Å². The first kappa shape index (κ1) is 12.4. The van der Waals surface area contributed by atoms with Crippen molar-refractivity contribution in [3.63, 3.8) is 0 Å². The first-order valence-corrected chi connectivity index (χ1v) is 6.36. The Morgan fingerprint density at radius 3 is 2.79 bits per heavy atom. The molecule has 0 aliphatic rings. The molecule has 0 saturated carbocycles. The van der Waals surface area contributed by atoms with Gasteiger partial charge in [-0.3, -0.25) is 5.84 Å². The van der Waals surface area contributed by atoms with Crippen LogP contribution in [0.15, 0.2) is 50.1 Å². The lowest BCUT2D eigenvalue weighted by molar-refractivity contribution is 0.466. The second-order valence-electron chi connectivity index (χ2n) is 4.08. The molecule has 1 aromatic carbocycles. The Morgan fingerprint density at radius 1 is 1.26 bits per heavy atom. The highest BCUT2D eigenvalue weighted by Gasteiger charge is 2.21. The van der Waals surface area contributed by atoms with Gasteiger partial charge in [-0.25, -0.2) is 9.82 Å². The maximum Gasteiger partial charge on any atom is 0.174 e. The molecule has 2 aromatic heterocycles. The number of furan rings is 2. The zero-order valence-electron chi connectivity index (χ0n) is 9.69. The molecular formula is C13H10BrFN2O2. The molecule has 0 spiro atoms. The number of rotatable bonds is 3. The Balaban J connectivity index is 2.09. The normalized spacial score (nSPS) is 13.0. The van der Waals surface area contributed by atoms with Crippen molar-refractivity contribution in [1.29, 1.82) is 0 Å². The van der Waals surface area contributed by atoms with E-state index in [1.165, 1.54) is 12.1 Å². The predicted molar refractivity (Wildman–Crippen MR) is 71.7 cm³/mol. The van der Waals surface area contributed by atoms with Crippen LogP contribution in [0.3, 0.4) is 0 Å². The smallest absolute Gasteiger partial charge is 0.174 e. The maximum atomic E-state index is 13.2. The van der Waals surface area contributed by atoms with Gasteiger partial charge >= 0.3 is 0 Å². The van der Waals surface area contributed by atoms with E-state index >= 15 is 0 Å². The first-order valence-electron chi connectivity index (χ1n) is 5.57. The van der Waals surface area contributed by atoms with Crippen molar-refractivity contribution >= 4 is 26.9 Å². The molecule has 0 radical (unpaired) electrons. The van der Waals surface area contributed by atoms with Crippen LogP contribution in [0.5, 0.6) is 0 Å². The molecular weight excluding hydrogens is 315 g/mol. The van der Waals surface area contributed by atoms with Crippen molar-refractivity contribution < 1.29 is 13.2 Å². The average Bonchev–Trinajstić information content (AvgIpc) is 2.97. The summed E-state index contributed by atoms with van der Waals surface area (Å²) in [6.07, 6.45) is 1.55. The third kappa shape index (κ3) is 2.18. The van der Waals surface area contributed by atoms with Crippen molar-refractivity contribution in [2.75, 3.05) is 0 Å². The van der Waals surface area contributed by atoms with E-state index in [0.717, 1.165) is 5.56 Å². The highest BCUT2D eigenvalue weighted by Crippen LogP contribution is 2.32. The zero-order valence-corrected chi connectivity index (χ0v) is 11.3. The highest BCUT2D eigenvalue weighted by atomic mass is 79.9. The molecule has 19 heavy (non-hydrogen) atoms. The molecule has 0 fully saturated rings. The lowest BCUT2D eigenvalue weighted by Crippen LogP contribution is -2.28. The monoisotopic (exact) mass is 324 g/mol. The molecule has 0 aliphatic heterocycles. The summed E-state index contributed by atoms with van der Waals surface area (Å²) in [6, 6.07) is 7.52. The van der Waals surface area contributed by atoms with Crippen molar-refractivity contribution in [2.45, 2.75) is 6.04 Å². The van der Waals surface area contributed by atoms with Crippen molar-refractivity contribution in [3.05, 3.63) is 58.4 Å². The Bertz CT molecular complexity index is 722. The first-order chi connectivity index (χ1) is 9.19. The van der Waals surface area contributed by atoms with Crippen LogP contribution in [0, 0.1) is 5.82 Å². The third-order valence-corrected chi connectivity index (χ3v) is 3.55. The molecule has 0 saturated heterocycles. The summed E-state index contributed by atoms with van der Waals surface area (Å²) in [5.74, 6) is 5.85. The fraction of sp³-hybridized carbons (Fsp3) is 0.0769. The molecule has 3 N–H and O–H groups in total. The van der Waals surface area contributed by atoms with E-state index in [0.29, 0.717) is 21.4 Å². The maximum absolute atomic E-state index is 13.2. The topological polar surface area (TPSA) is 64.3 Å². The van der Waals surface area contributed by atoms with Gasteiger partial charge in [-0.1, -0.05) is 0 Å². The number of hydrazine groups is 1. The van der Waals surface area contributed by atoms with Gasteiger partial charge in [0.15, 0.2) is 4.67 Å². The number of fused-ring (bicyclic) bond motifs is 1. The van der Waals surface area contributed by atoms with E-state index in [9.17, 15) is 4.39 Å². The van der Waals surface area contributed by atoms with Crippen LogP contribution in [0.4, 0.5) is 4.39 Å². The van der Waals surface area contributed by atoms with Crippen LogP contribution in [-0.2, 0) is 0 Å². The number of hydrogen-bond acceptors (Lipinski definition) is 4. The van der Waals surface area contributed by atoms with Gasteiger partial charge in [-0.15, -0.1) is 0 Å². The minimum Gasteiger partial charge on any atom is -0.459 e. The molecule has 2 heterocycles. The van der Waals surface area contributed by atoms with Crippen LogP contribution in [0.1, 0.15) is 17.4 Å². The number of halogens is 2. The van der Waals surface area contributed by atoms with E-state index < -0.39 is 0 Å². The fourth-order valence-corrected chi connectivity index (χ4v) is 2.48. The van der Waals surface area contributed by atoms with Crippen molar-refractivity contribution in [1.82, 2.24) is 5.43 Å². The van der Waals surface area contributed by atoms with Gasteiger partial charge < -0.3 is 8.83 Å². The van der Waals surface area contributed by atoms with E-state index in [-0.39, 0.29) is 11.9 Å². The Kier molecular flexibility index (Phi) is 3.14. The van der Waals surface area contributed by atoms with Crippen LogP contribution in [0.25, 0.3) is 11.0 Å². The van der Waals surface area contributed by atoms with Gasteiger partial charge in [0.05, 0.1) is 6.26 Å².